The van der Waals surface area contributed by atoms with Crippen LogP contribution >= 0.6 is 0 Å². The summed E-state index contributed by atoms with van der Waals surface area (Å²) in [4.78, 5) is 0. The van der Waals surface area contributed by atoms with Gasteiger partial charge in [0.05, 0.1) is 5.39 Å². The molecule has 0 spiro atoms. The fraction of sp³-hybridized carbons (Fsp3) is 0. The zero-order valence-electron chi connectivity index (χ0n) is 10.9. The van der Waals surface area contributed by atoms with Crippen LogP contribution in [0.2, 0.25) is 0 Å². The van der Waals surface area contributed by atoms with Crippen LogP contribution in [0, 0.1) is 0 Å². The molecule has 0 atom stereocenters. The van der Waals surface area contributed by atoms with Crippen molar-refractivity contribution in [1.82, 2.24) is 5.16 Å². The van der Waals surface area contributed by atoms with Crippen molar-refractivity contribution in [2.45, 2.75) is 0 Å². The molecule has 0 bridgehead atoms. The zero-order valence-corrected chi connectivity index (χ0v) is 10.9. The first-order valence-electron chi connectivity index (χ1n) is 6.53. The summed E-state index contributed by atoms with van der Waals surface area (Å²) < 4.78 is 5.49. The van der Waals surface area contributed by atoms with Crippen LogP contribution in [-0.4, -0.2) is 15.4 Å². The Morgan fingerprint density at radius 1 is 0.762 bits per heavy atom. The SMILES string of the molecule is Oc1ccc(-c2onc3c2ccc2cc(O)ccc23)cc1. The van der Waals surface area contributed by atoms with Gasteiger partial charge in [0.15, 0.2) is 5.76 Å². The smallest absolute Gasteiger partial charge is 0.174 e. The van der Waals surface area contributed by atoms with Crippen LogP contribution in [0.1, 0.15) is 0 Å². The maximum atomic E-state index is 9.54. The Kier molecular flexibility index (Phi) is 2.38. The minimum absolute atomic E-state index is 0.212. The lowest BCUT2D eigenvalue weighted by Gasteiger charge is -2.00. The number of aromatic nitrogens is 1. The van der Waals surface area contributed by atoms with E-state index in [-0.39, 0.29) is 11.5 Å². The Balaban J connectivity index is 2.00. The summed E-state index contributed by atoms with van der Waals surface area (Å²) in [7, 11) is 0. The third kappa shape index (κ3) is 1.80. The molecule has 0 amide bonds. The van der Waals surface area contributed by atoms with Gasteiger partial charge in [-0.05, 0) is 53.9 Å². The molecule has 0 aliphatic rings. The summed E-state index contributed by atoms with van der Waals surface area (Å²) in [5.74, 6) is 1.10. The summed E-state index contributed by atoms with van der Waals surface area (Å²) >= 11 is 0. The molecular formula is C17H11NO3. The average Bonchev–Trinajstić information content (AvgIpc) is 2.92. The van der Waals surface area contributed by atoms with E-state index in [2.05, 4.69) is 5.16 Å². The van der Waals surface area contributed by atoms with Gasteiger partial charge in [0.1, 0.15) is 17.0 Å². The number of benzene rings is 3. The van der Waals surface area contributed by atoms with Crippen molar-refractivity contribution in [1.29, 1.82) is 0 Å². The molecule has 21 heavy (non-hydrogen) atoms. The lowest BCUT2D eigenvalue weighted by Crippen LogP contribution is -1.77. The Labute approximate surface area is 119 Å². The Bertz CT molecular complexity index is 955. The van der Waals surface area contributed by atoms with E-state index >= 15 is 0 Å². The molecule has 4 heteroatoms. The summed E-state index contributed by atoms with van der Waals surface area (Å²) in [5, 5.41) is 25.8. The van der Waals surface area contributed by atoms with Crippen molar-refractivity contribution >= 4 is 21.7 Å². The van der Waals surface area contributed by atoms with E-state index in [1.807, 2.05) is 18.2 Å². The van der Waals surface area contributed by atoms with E-state index in [0.29, 0.717) is 5.76 Å². The molecule has 1 heterocycles. The van der Waals surface area contributed by atoms with Crippen LogP contribution in [0.5, 0.6) is 11.5 Å². The standard InChI is InChI=1S/C17H11NO3/c19-12-4-1-10(2-5-12)17-15-7-3-11-9-13(20)6-8-14(11)16(15)18-21-17/h1-9,19-20H. The lowest BCUT2D eigenvalue weighted by atomic mass is 10.0. The van der Waals surface area contributed by atoms with Crippen LogP contribution < -0.4 is 0 Å². The van der Waals surface area contributed by atoms with E-state index in [0.717, 1.165) is 27.2 Å². The van der Waals surface area contributed by atoms with Gasteiger partial charge in [-0.3, -0.25) is 0 Å². The third-order valence-electron chi connectivity index (χ3n) is 3.58. The molecule has 0 saturated carbocycles. The van der Waals surface area contributed by atoms with Crippen molar-refractivity contribution in [2.75, 3.05) is 0 Å². The molecule has 102 valence electrons. The number of rotatable bonds is 1. The summed E-state index contributed by atoms with van der Waals surface area (Å²) in [6, 6.07) is 15.8. The second-order valence-electron chi connectivity index (χ2n) is 4.93. The van der Waals surface area contributed by atoms with Crippen LogP contribution in [0.4, 0.5) is 0 Å². The van der Waals surface area contributed by atoms with Crippen LogP contribution in [0.15, 0.2) is 59.1 Å². The van der Waals surface area contributed by atoms with Crippen LogP contribution in [0.3, 0.4) is 0 Å². The van der Waals surface area contributed by atoms with E-state index in [4.69, 9.17) is 4.52 Å². The van der Waals surface area contributed by atoms with Gasteiger partial charge in [-0.15, -0.1) is 0 Å². The minimum atomic E-state index is 0.212. The highest BCUT2D eigenvalue weighted by atomic mass is 16.5. The maximum absolute atomic E-state index is 9.54. The second-order valence-corrected chi connectivity index (χ2v) is 4.93. The first kappa shape index (κ1) is 11.8. The number of fused-ring (bicyclic) bond motifs is 3. The minimum Gasteiger partial charge on any atom is -0.508 e. The van der Waals surface area contributed by atoms with Gasteiger partial charge in [-0.25, -0.2) is 0 Å². The molecule has 0 radical (unpaired) electrons. The lowest BCUT2D eigenvalue weighted by molar-refractivity contribution is 0.441. The Morgan fingerprint density at radius 2 is 1.48 bits per heavy atom. The first-order valence-corrected chi connectivity index (χ1v) is 6.53. The molecule has 0 unspecified atom stereocenters. The molecule has 0 fully saturated rings. The van der Waals surface area contributed by atoms with Gasteiger partial charge in [-0.2, -0.15) is 0 Å². The number of phenolic OH excluding ortho intramolecular Hbond substituents is 2. The summed E-state index contributed by atoms with van der Waals surface area (Å²) in [6.07, 6.45) is 0. The summed E-state index contributed by atoms with van der Waals surface area (Å²) in [5.41, 5.74) is 1.61. The first-order chi connectivity index (χ1) is 10.2. The molecule has 2 N–H and O–H groups in total. The molecule has 3 aromatic carbocycles. The van der Waals surface area contributed by atoms with Crippen molar-refractivity contribution in [3.05, 3.63) is 54.6 Å². The Morgan fingerprint density at radius 3 is 2.29 bits per heavy atom. The number of nitrogens with zero attached hydrogens (tertiary/aromatic N) is 1. The predicted molar refractivity (Wildman–Crippen MR) is 80.3 cm³/mol. The van der Waals surface area contributed by atoms with Crippen molar-refractivity contribution in [2.24, 2.45) is 0 Å². The fourth-order valence-corrected chi connectivity index (χ4v) is 2.54. The molecule has 0 aliphatic heterocycles. The molecule has 4 rings (SSSR count). The average molecular weight is 277 g/mol. The fourth-order valence-electron chi connectivity index (χ4n) is 2.54. The van der Waals surface area contributed by atoms with Crippen molar-refractivity contribution < 1.29 is 14.7 Å². The number of hydrogen-bond donors (Lipinski definition) is 2. The number of phenols is 2. The van der Waals surface area contributed by atoms with Gasteiger partial charge in [-0.1, -0.05) is 11.2 Å². The topological polar surface area (TPSA) is 66.5 Å². The quantitative estimate of drug-likeness (QED) is 0.550. The van der Waals surface area contributed by atoms with Crippen LogP contribution in [-0.2, 0) is 0 Å². The van der Waals surface area contributed by atoms with Gasteiger partial charge in [0, 0.05) is 10.9 Å². The van der Waals surface area contributed by atoms with Crippen molar-refractivity contribution in [3.8, 4) is 22.8 Å². The largest absolute Gasteiger partial charge is 0.508 e. The predicted octanol–water partition coefficient (Wildman–Crippen LogP) is 4.06. The normalized spacial score (nSPS) is 11.2. The molecule has 4 aromatic rings. The highest BCUT2D eigenvalue weighted by molar-refractivity contribution is 6.09. The molecule has 1 aromatic heterocycles. The van der Waals surface area contributed by atoms with Gasteiger partial charge >= 0.3 is 0 Å². The third-order valence-corrected chi connectivity index (χ3v) is 3.58. The Hall–Kier alpha value is -3.01. The van der Waals surface area contributed by atoms with Gasteiger partial charge in [0.25, 0.3) is 0 Å². The second kappa shape index (κ2) is 4.24. The van der Waals surface area contributed by atoms with E-state index < -0.39 is 0 Å². The molecule has 0 saturated heterocycles. The van der Waals surface area contributed by atoms with E-state index in [1.165, 1.54) is 0 Å². The molecule has 0 aliphatic carbocycles. The number of aromatic hydroxyl groups is 2. The molecule has 4 nitrogen and oxygen atoms in total. The van der Waals surface area contributed by atoms with Crippen molar-refractivity contribution in [3.63, 3.8) is 0 Å². The zero-order chi connectivity index (χ0) is 14.4. The van der Waals surface area contributed by atoms with Crippen LogP contribution in [0.25, 0.3) is 33.0 Å². The highest BCUT2D eigenvalue weighted by Gasteiger charge is 2.13. The summed E-state index contributed by atoms with van der Waals surface area (Å²) in [6.45, 7) is 0. The maximum Gasteiger partial charge on any atom is 0.174 e. The van der Waals surface area contributed by atoms with Gasteiger partial charge < -0.3 is 14.7 Å². The monoisotopic (exact) mass is 277 g/mol. The number of hydrogen-bond acceptors (Lipinski definition) is 4. The highest BCUT2D eigenvalue weighted by Crippen LogP contribution is 2.34. The van der Waals surface area contributed by atoms with Gasteiger partial charge in [0.2, 0.25) is 0 Å². The molecular weight excluding hydrogens is 266 g/mol. The van der Waals surface area contributed by atoms with E-state index in [1.54, 1.807) is 36.4 Å². The van der Waals surface area contributed by atoms with E-state index in [9.17, 15) is 10.2 Å².